The van der Waals surface area contributed by atoms with Crippen molar-refractivity contribution in [3.05, 3.63) is 35.9 Å². The van der Waals surface area contributed by atoms with Crippen LogP contribution in [-0.4, -0.2) is 28.4 Å². The van der Waals surface area contributed by atoms with E-state index < -0.39 is 26.4 Å². The molecule has 0 bridgehead atoms. The molecule has 0 spiro atoms. The third kappa shape index (κ3) is 6.40. The maximum atomic E-state index is 12.0. The Bertz CT molecular complexity index is 464. The van der Waals surface area contributed by atoms with E-state index >= 15 is 0 Å². The molecule has 0 fully saturated rings. The van der Waals surface area contributed by atoms with Crippen LogP contribution in [-0.2, 0) is 20.5 Å². The normalized spacial score (nSPS) is 13.3. The fourth-order valence-corrected chi connectivity index (χ4v) is 2.01. The average Bonchev–Trinajstić information content (AvgIpc) is 2.26. The van der Waals surface area contributed by atoms with Crippen LogP contribution >= 0.6 is 7.75 Å². The van der Waals surface area contributed by atoms with E-state index in [2.05, 4.69) is 4.74 Å². The van der Waals surface area contributed by atoms with Crippen LogP contribution in [0.4, 0.5) is 8.78 Å². The monoisotopic (exact) mass is 295 g/mol. The number of esters is 1. The van der Waals surface area contributed by atoms with Gasteiger partial charge >= 0.3 is 20.3 Å². The van der Waals surface area contributed by atoms with Crippen LogP contribution in [0.2, 0.25) is 0 Å². The van der Waals surface area contributed by atoms with Crippen molar-refractivity contribution in [2.45, 2.75) is 19.1 Å². The van der Waals surface area contributed by atoms with Crippen molar-refractivity contribution in [2.75, 3.05) is 0 Å². The lowest BCUT2D eigenvalue weighted by molar-refractivity contribution is -0.178. The van der Waals surface area contributed by atoms with E-state index in [4.69, 9.17) is 9.79 Å². The lowest BCUT2D eigenvalue weighted by atomic mass is 10.1. The predicted octanol–water partition coefficient (Wildman–Crippen LogP) is 1.05. The predicted molar refractivity (Wildman–Crippen MR) is 61.2 cm³/mol. The summed E-state index contributed by atoms with van der Waals surface area (Å²) in [5, 5.41) is 1.67. The van der Waals surface area contributed by atoms with Crippen molar-refractivity contribution in [1.29, 1.82) is 0 Å². The molecule has 0 radical (unpaired) electrons. The lowest BCUT2D eigenvalue weighted by Gasteiger charge is -2.17. The van der Waals surface area contributed by atoms with Crippen molar-refractivity contribution < 1.29 is 32.7 Å². The summed E-state index contributed by atoms with van der Waals surface area (Å²) in [6.07, 6.45) is -0.183. The first-order chi connectivity index (χ1) is 8.78. The third-order valence-corrected chi connectivity index (χ3v) is 2.74. The Morgan fingerprint density at radius 2 is 1.89 bits per heavy atom. The Hall–Kier alpha value is -1.34. The lowest BCUT2D eigenvalue weighted by Crippen LogP contribution is -2.38. The Kier molecular flexibility index (Phi) is 5.56. The molecule has 0 unspecified atom stereocenters. The van der Waals surface area contributed by atoms with Gasteiger partial charge in [-0.15, -0.1) is 0 Å². The van der Waals surface area contributed by atoms with E-state index in [0.717, 1.165) is 0 Å². The minimum atomic E-state index is -4.75. The standard InChI is InChI=1S/C10H12F2NO5P/c11-10(12)18-9(14)8(13-19(15,16)17)6-7-4-2-1-3-5-7/h1-5,8,10H,6H2,(H3,13,15,16,17)/t8-/m0/s1. The summed E-state index contributed by atoms with van der Waals surface area (Å²) in [5.74, 6) is -1.43. The van der Waals surface area contributed by atoms with Crippen molar-refractivity contribution in [1.82, 2.24) is 5.09 Å². The number of halogens is 2. The summed E-state index contributed by atoms with van der Waals surface area (Å²) in [7, 11) is -4.75. The molecule has 0 aromatic heterocycles. The van der Waals surface area contributed by atoms with Gasteiger partial charge in [0.25, 0.3) is 0 Å². The van der Waals surface area contributed by atoms with Crippen LogP contribution in [0.15, 0.2) is 30.3 Å². The van der Waals surface area contributed by atoms with Gasteiger partial charge in [0.05, 0.1) is 0 Å². The highest BCUT2D eigenvalue weighted by Gasteiger charge is 2.29. The van der Waals surface area contributed by atoms with Crippen LogP contribution in [0.25, 0.3) is 0 Å². The van der Waals surface area contributed by atoms with Gasteiger partial charge in [-0.2, -0.15) is 8.78 Å². The van der Waals surface area contributed by atoms with Gasteiger partial charge in [-0.1, -0.05) is 30.3 Å². The second-order valence-electron chi connectivity index (χ2n) is 3.61. The Morgan fingerprint density at radius 1 is 1.32 bits per heavy atom. The summed E-state index contributed by atoms with van der Waals surface area (Å²) < 4.78 is 38.4. The van der Waals surface area contributed by atoms with E-state index in [1.807, 2.05) is 0 Å². The van der Waals surface area contributed by atoms with E-state index in [-0.39, 0.29) is 6.42 Å². The number of hydrogen-bond acceptors (Lipinski definition) is 3. The van der Waals surface area contributed by atoms with Gasteiger partial charge in [-0.3, -0.25) is 4.79 Å². The number of ether oxygens (including phenoxy) is 1. The highest BCUT2D eigenvalue weighted by molar-refractivity contribution is 7.49. The summed E-state index contributed by atoms with van der Waals surface area (Å²) in [6.45, 7) is -3.34. The summed E-state index contributed by atoms with van der Waals surface area (Å²) in [6, 6.07) is 6.60. The Labute approximate surface area is 107 Å². The maximum absolute atomic E-state index is 12.0. The van der Waals surface area contributed by atoms with Crippen LogP contribution in [0.3, 0.4) is 0 Å². The molecule has 1 rings (SSSR count). The van der Waals surface area contributed by atoms with E-state index in [1.54, 1.807) is 35.4 Å². The second kappa shape index (κ2) is 6.72. The molecule has 0 amide bonds. The zero-order valence-corrected chi connectivity index (χ0v) is 10.5. The molecule has 106 valence electrons. The number of carbonyl (C=O) groups is 1. The quantitative estimate of drug-likeness (QED) is 0.536. The van der Waals surface area contributed by atoms with Crippen LogP contribution in [0.5, 0.6) is 0 Å². The van der Waals surface area contributed by atoms with Crippen molar-refractivity contribution in [3.8, 4) is 0 Å². The molecule has 1 aromatic rings. The number of nitrogens with one attached hydrogen (secondary N) is 1. The fourth-order valence-electron chi connectivity index (χ4n) is 1.40. The molecule has 19 heavy (non-hydrogen) atoms. The number of carbonyl (C=O) groups excluding carboxylic acids is 1. The Balaban J connectivity index is 2.80. The van der Waals surface area contributed by atoms with Gasteiger partial charge in [0, 0.05) is 0 Å². The first-order valence-corrected chi connectivity index (χ1v) is 6.75. The minimum Gasteiger partial charge on any atom is -0.402 e. The minimum absolute atomic E-state index is 0.183. The van der Waals surface area contributed by atoms with Gasteiger partial charge in [0.15, 0.2) is 0 Å². The highest BCUT2D eigenvalue weighted by atomic mass is 31.2. The first kappa shape index (κ1) is 15.7. The average molecular weight is 295 g/mol. The van der Waals surface area contributed by atoms with Crippen molar-refractivity contribution >= 4 is 13.7 Å². The number of alkyl halides is 2. The smallest absolute Gasteiger partial charge is 0.401 e. The zero-order valence-electron chi connectivity index (χ0n) is 9.57. The van der Waals surface area contributed by atoms with E-state index in [9.17, 15) is 18.1 Å². The fraction of sp³-hybridized carbons (Fsp3) is 0.300. The maximum Gasteiger partial charge on any atom is 0.401 e. The molecule has 0 heterocycles. The first-order valence-electron chi connectivity index (χ1n) is 5.14. The number of hydrogen-bond donors (Lipinski definition) is 3. The highest BCUT2D eigenvalue weighted by Crippen LogP contribution is 2.30. The zero-order chi connectivity index (χ0) is 14.5. The summed E-state index contributed by atoms with van der Waals surface area (Å²) in [5.41, 5.74) is 0.541. The molecule has 3 N–H and O–H groups in total. The molecule has 1 atom stereocenters. The molecule has 0 saturated carbocycles. The number of rotatable bonds is 6. The molecular formula is C10H12F2NO5P. The molecule has 0 aliphatic heterocycles. The molecule has 6 nitrogen and oxygen atoms in total. The molecule has 0 aliphatic carbocycles. The van der Waals surface area contributed by atoms with Crippen molar-refractivity contribution in [2.24, 2.45) is 0 Å². The van der Waals surface area contributed by atoms with Crippen LogP contribution < -0.4 is 5.09 Å². The molecule has 0 aliphatic rings. The van der Waals surface area contributed by atoms with E-state index in [1.165, 1.54) is 0 Å². The van der Waals surface area contributed by atoms with Gasteiger partial charge in [0.2, 0.25) is 0 Å². The second-order valence-corrected chi connectivity index (χ2v) is 4.96. The van der Waals surface area contributed by atoms with E-state index in [0.29, 0.717) is 5.56 Å². The van der Waals surface area contributed by atoms with Gasteiger partial charge in [-0.25, -0.2) is 9.65 Å². The SMILES string of the molecule is O=C(OC(F)F)[C@H](Cc1ccccc1)NP(=O)(O)O. The van der Waals surface area contributed by atoms with Crippen LogP contribution in [0.1, 0.15) is 5.56 Å². The molecule has 9 heteroatoms. The van der Waals surface area contributed by atoms with Crippen molar-refractivity contribution in [3.63, 3.8) is 0 Å². The largest absolute Gasteiger partial charge is 0.402 e. The van der Waals surface area contributed by atoms with Gasteiger partial charge in [0.1, 0.15) is 6.04 Å². The molecular weight excluding hydrogens is 283 g/mol. The molecule has 1 aromatic carbocycles. The Morgan fingerprint density at radius 3 is 2.37 bits per heavy atom. The van der Waals surface area contributed by atoms with Crippen LogP contribution in [0, 0.1) is 0 Å². The number of benzene rings is 1. The topological polar surface area (TPSA) is 95.9 Å². The summed E-state index contributed by atoms with van der Waals surface area (Å²) >= 11 is 0. The molecule has 0 saturated heterocycles. The third-order valence-electron chi connectivity index (χ3n) is 2.10. The summed E-state index contributed by atoms with van der Waals surface area (Å²) in [4.78, 5) is 28.8. The van der Waals surface area contributed by atoms with Gasteiger partial charge < -0.3 is 14.5 Å². The van der Waals surface area contributed by atoms with Gasteiger partial charge in [-0.05, 0) is 12.0 Å².